The van der Waals surface area contributed by atoms with Gasteiger partial charge in [0, 0.05) is 30.8 Å². The van der Waals surface area contributed by atoms with E-state index in [4.69, 9.17) is 0 Å². The van der Waals surface area contributed by atoms with E-state index in [9.17, 15) is 14.9 Å². The Morgan fingerprint density at radius 3 is 2.32 bits per heavy atom. The fourth-order valence-electron chi connectivity index (χ4n) is 1.73. The van der Waals surface area contributed by atoms with Crippen LogP contribution in [0.1, 0.15) is 37.6 Å². The zero-order valence-corrected chi connectivity index (χ0v) is 11.6. The molecule has 19 heavy (non-hydrogen) atoms. The Labute approximate surface area is 113 Å². The molecule has 1 rings (SSSR count). The molecule has 0 bridgehead atoms. The van der Waals surface area contributed by atoms with Gasteiger partial charge < -0.3 is 4.90 Å². The summed E-state index contributed by atoms with van der Waals surface area (Å²) in [5, 5.41) is 10.6. The smallest absolute Gasteiger partial charge is 0.269 e. The van der Waals surface area contributed by atoms with E-state index < -0.39 is 4.92 Å². The number of hydrogen-bond donors (Lipinski definition) is 0. The summed E-state index contributed by atoms with van der Waals surface area (Å²) in [7, 11) is 0. The van der Waals surface area contributed by atoms with Crippen molar-refractivity contribution in [1.82, 2.24) is 4.90 Å². The van der Waals surface area contributed by atoms with Crippen LogP contribution in [0.2, 0.25) is 0 Å². The molecule has 5 heteroatoms. The number of nitrogens with zero attached hydrogens (tertiary/aromatic N) is 2. The number of amides is 1. The average Bonchev–Trinajstić information content (AvgIpc) is 2.39. The van der Waals surface area contributed by atoms with Gasteiger partial charge in [-0.1, -0.05) is 13.8 Å². The highest BCUT2D eigenvalue weighted by atomic mass is 16.6. The van der Waals surface area contributed by atoms with E-state index in [1.807, 2.05) is 6.92 Å². The van der Waals surface area contributed by atoms with E-state index in [1.54, 1.807) is 4.90 Å². The summed E-state index contributed by atoms with van der Waals surface area (Å²) in [6.07, 6.45) is 0.951. The first-order chi connectivity index (χ1) is 8.95. The van der Waals surface area contributed by atoms with Gasteiger partial charge in [0.2, 0.25) is 0 Å². The number of nitro benzene ring substituents is 1. The van der Waals surface area contributed by atoms with E-state index in [1.165, 1.54) is 24.3 Å². The van der Waals surface area contributed by atoms with Crippen molar-refractivity contribution >= 4 is 11.6 Å². The van der Waals surface area contributed by atoms with Crippen LogP contribution in [0.15, 0.2) is 24.3 Å². The molecule has 1 aromatic rings. The van der Waals surface area contributed by atoms with Crippen molar-refractivity contribution in [1.29, 1.82) is 0 Å². The first-order valence-electron chi connectivity index (χ1n) is 6.49. The second-order valence-electron chi connectivity index (χ2n) is 4.87. The van der Waals surface area contributed by atoms with Gasteiger partial charge in [-0.2, -0.15) is 0 Å². The predicted octanol–water partition coefficient (Wildman–Crippen LogP) is 3.10. The first-order valence-corrected chi connectivity index (χ1v) is 6.49. The maximum absolute atomic E-state index is 12.2. The van der Waals surface area contributed by atoms with E-state index in [0.29, 0.717) is 24.6 Å². The van der Waals surface area contributed by atoms with Gasteiger partial charge >= 0.3 is 0 Å². The maximum Gasteiger partial charge on any atom is 0.269 e. The third-order valence-corrected chi connectivity index (χ3v) is 2.97. The van der Waals surface area contributed by atoms with Gasteiger partial charge in [0.05, 0.1) is 4.92 Å². The molecule has 0 unspecified atom stereocenters. The van der Waals surface area contributed by atoms with E-state index in [-0.39, 0.29) is 11.6 Å². The number of nitro groups is 1. The van der Waals surface area contributed by atoms with Gasteiger partial charge in [-0.15, -0.1) is 0 Å². The molecule has 0 aliphatic carbocycles. The Hall–Kier alpha value is -1.91. The SMILES string of the molecule is CCN(CCC(C)C)C(=O)c1ccc([N+](=O)[O-])cc1. The molecule has 104 valence electrons. The molecule has 0 fully saturated rings. The molecule has 0 N–H and O–H groups in total. The van der Waals surface area contributed by atoms with Gasteiger partial charge in [-0.05, 0) is 31.4 Å². The van der Waals surface area contributed by atoms with Gasteiger partial charge in [-0.25, -0.2) is 0 Å². The molecule has 0 radical (unpaired) electrons. The van der Waals surface area contributed by atoms with Crippen molar-refractivity contribution < 1.29 is 9.72 Å². The van der Waals surface area contributed by atoms with E-state index >= 15 is 0 Å². The Bertz CT molecular complexity index is 441. The molecule has 0 atom stereocenters. The summed E-state index contributed by atoms with van der Waals surface area (Å²) in [6.45, 7) is 7.52. The van der Waals surface area contributed by atoms with Gasteiger partial charge in [0.15, 0.2) is 0 Å². The average molecular weight is 264 g/mol. The fraction of sp³-hybridized carbons (Fsp3) is 0.500. The Balaban J connectivity index is 2.76. The Kier molecular flexibility index (Phi) is 5.48. The highest BCUT2D eigenvalue weighted by Crippen LogP contribution is 2.14. The molecule has 0 aliphatic rings. The second kappa shape index (κ2) is 6.87. The maximum atomic E-state index is 12.2. The van der Waals surface area contributed by atoms with Crippen LogP contribution in [0.5, 0.6) is 0 Å². The molecule has 0 aromatic heterocycles. The number of rotatable bonds is 6. The predicted molar refractivity (Wildman–Crippen MR) is 74.1 cm³/mol. The van der Waals surface area contributed by atoms with E-state index in [0.717, 1.165) is 6.42 Å². The first kappa shape index (κ1) is 15.1. The lowest BCUT2D eigenvalue weighted by Gasteiger charge is -2.21. The fourth-order valence-corrected chi connectivity index (χ4v) is 1.73. The van der Waals surface area contributed by atoms with Crippen LogP contribution in [0.25, 0.3) is 0 Å². The van der Waals surface area contributed by atoms with Crippen LogP contribution < -0.4 is 0 Å². The van der Waals surface area contributed by atoms with Crippen LogP contribution in [0.3, 0.4) is 0 Å². The zero-order chi connectivity index (χ0) is 14.4. The molecular weight excluding hydrogens is 244 g/mol. The molecule has 5 nitrogen and oxygen atoms in total. The molecule has 0 spiro atoms. The monoisotopic (exact) mass is 264 g/mol. The highest BCUT2D eigenvalue weighted by Gasteiger charge is 2.15. The van der Waals surface area contributed by atoms with Crippen LogP contribution in [-0.4, -0.2) is 28.8 Å². The summed E-state index contributed by atoms with van der Waals surface area (Å²) in [4.78, 5) is 24.1. The van der Waals surface area contributed by atoms with Gasteiger partial charge in [-0.3, -0.25) is 14.9 Å². The summed E-state index contributed by atoms with van der Waals surface area (Å²) >= 11 is 0. The number of non-ortho nitro benzene ring substituents is 1. The van der Waals surface area contributed by atoms with Crippen molar-refractivity contribution in [2.75, 3.05) is 13.1 Å². The topological polar surface area (TPSA) is 63.5 Å². The van der Waals surface area contributed by atoms with Gasteiger partial charge in [0.25, 0.3) is 11.6 Å². The lowest BCUT2D eigenvalue weighted by molar-refractivity contribution is -0.384. The van der Waals surface area contributed by atoms with Crippen molar-refractivity contribution in [2.45, 2.75) is 27.2 Å². The van der Waals surface area contributed by atoms with E-state index in [2.05, 4.69) is 13.8 Å². The minimum Gasteiger partial charge on any atom is -0.339 e. The molecule has 1 amide bonds. The van der Waals surface area contributed by atoms with Crippen molar-refractivity contribution in [3.8, 4) is 0 Å². The molecule has 0 saturated heterocycles. The van der Waals surface area contributed by atoms with Crippen LogP contribution in [-0.2, 0) is 0 Å². The van der Waals surface area contributed by atoms with Crippen LogP contribution in [0.4, 0.5) is 5.69 Å². The standard InChI is InChI=1S/C14H20N2O3/c1-4-15(10-9-11(2)3)14(17)12-5-7-13(8-6-12)16(18)19/h5-8,11H,4,9-10H2,1-3H3. The van der Waals surface area contributed by atoms with Crippen molar-refractivity contribution in [3.05, 3.63) is 39.9 Å². The number of carbonyl (C=O) groups excluding carboxylic acids is 1. The highest BCUT2D eigenvalue weighted by molar-refractivity contribution is 5.94. The number of hydrogen-bond acceptors (Lipinski definition) is 3. The Morgan fingerprint density at radius 1 is 1.32 bits per heavy atom. The molecule has 0 heterocycles. The van der Waals surface area contributed by atoms with Crippen molar-refractivity contribution in [3.63, 3.8) is 0 Å². The Morgan fingerprint density at radius 2 is 1.89 bits per heavy atom. The zero-order valence-electron chi connectivity index (χ0n) is 11.6. The van der Waals surface area contributed by atoms with Crippen LogP contribution >= 0.6 is 0 Å². The quantitative estimate of drug-likeness (QED) is 0.585. The second-order valence-corrected chi connectivity index (χ2v) is 4.87. The van der Waals surface area contributed by atoms with Crippen LogP contribution in [0, 0.1) is 16.0 Å². The van der Waals surface area contributed by atoms with Gasteiger partial charge in [0.1, 0.15) is 0 Å². The minimum absolute atomic E-state index is 0.00165. The molecular formula is C14H20N2O3. The summed E-state index contributed by atoms with van der Waals surface area (Å²) < 4.78 is 0. The minimum atomic E-state index is -0.468. The van der Waals surface area contributed by atoms with Crippen molar-refractivity contribution in [2.24, 2.45) is 5.92 Å². The number of benzene rings is 1. The lowest BCUT2D eigenvalue weighted by atomic mass is 10.1. The lowest BCUT2D eigenvalue weighted by Crippen LogP contribution is -2.32. The molecule has 1 aromatic carbocycles. The summed E-state index contributed by atoms with van der Waals surface area (Å²) in [5.41, 5.74) is 0.498. The third kappa shape index (κ3) is 4.35. The molecule has 0 saturated carbocycles. The summed E-state index contributed by atoms with van der Waals surface area (Å²) in [5.74, 6) is 0.469. The molecule has 0 aliphatic heterocycles. The summed E-state index contributed by atoms with van der Waals surface area (Å²) in [6, 6.07) is 5.75. The normalized spacial score (nSPS) is 10.5. The third-order valence-electron chi connectivity index (χ3n) is 2.97. The largest absolute Gasteiger partial charge is 0.339 e. The number of carbonyl (C=O) groups is 1.